The number of benzene rings is 1. The van der Waals surface area contributed by atoms with Crippen LogP contribution < -0.4 is 10.5 Å². The van der Waals surface area contributed by atoms with Gasteiger partial charge in [0, 0.05) is 5.69 Å². The molecule has 19 heavy (non-hydrogen) atoms. The van der Waals surface area contributed by atoms with E-state index in [0.29, 0.717) is 25.7 Å². The Balaban J connectivity index is 2.39. The molecule has 2 rings (SSSR count). The molecule has 102 valence electrons. The van der Waals surface area contributed by atoms with Crippen LogP contribution in [0.15, 0.2) is 32.3 Å². The van der Waals surface area contributed by atoms with E-state index in [9.17, 15) is 8.42 Å². The molecule has 0 unspecified atom stereocenters. The summed E-state index contributed by atoms with van der Waals surface area (Å²) in [6.45, 7) is 1.75. The van der Waals surface area contributed by atoms with E-state index < -0.39 is 10.0 Å². The first-order valence-electron chi connectivity index (χ1n) is 5.14. The summed E-state index contributed by atoms with van der Waals surface area (Å²) in [5.41, 5.74) is 7.43. The van der Waals surface area contributed by atoms with Gasteiger partial charge in [0.15, 0.2) is 0 Å². The van der Waals surface area contributed by atoms with E-state index in [-0.39, 0.29) is 4.21 Å². The van der Waals surface area contributed by atoms with Crippen molar-refractivity contribution < 1.29 is 8.42 Å². The van der Waals surface area contributed by atoms with Crippen LogP contribution in [0.25, 0.3) is 0 Å². The maximum absolute atomic E-state index is 12.2. The molecule has 2 aromatic rings. The SMILES string of the molecule is Cc1c(N)cccc1NS(=O)(=O)c1cc(Cl)c(Br)s1. The summed E-state index contributed by atoms with van der Waals surface area (Å²) in [4.78, 5) is 0. The number of halogens is 2. The van der Waals surface area contributed by atoms with Gasteiger partial charge in [-0.1, -0.05) is 17.7 Å². The second-order valence-electron chi connectivity index (χ2n) is 3.81. The fraction of sp³-hybridized carbons (Fsp3) is 0.0909. The molecule has 0 aliphatic carbocycles. The van der Waals surface area contributed by atoms with E-state index in [1.165, 1.54) is 6.07 Å². The lowest BCUT2D eigenvalue weighted by Gasteiger charge is -2.10. The average Bonchev–Trinajstić information content (AvgIpc) is 2.66. The van der Waals surface area contributed by atoms with Crippen LogP contribution in [0.3, 0.4) is 0 Å². The van der Waals surface area contributed by atoms with Crippen molar-refractivity contribution in [1.82, 2.24) is 0 Å². The highest BCUT2D eigenvalue weighted by molar-refractivity contribution is 9.11. The second kappa shape index (κ2) is 5.32. The Labute approximate surface area is 128 Å². The van der Waals surface area contributed by atoms with Crippen LogP contribution >= 0.6 is 38.9 Å². The minimum Gasteiger partial charge on any atom is -0.398 e. The second-order valence-corrected chi connectivity index (χ2v) is 8.50. The number of nitrogen functional groups attached to an aromatic ring is 1. The largest absolute Gasteiger partial charge is 0.398 e. The zero-order valence-electron chi connectivity index (χ0n) is 9.78. The van der Waals surface area contributed by atoms with E-state index in [2.05, 4.69) is 20.7 Å². The van der Waals surface area contributed by atoms with Crippen molar-refractivity contribution in [1.29, 1.82) is 0 Å². The maximum Gasteiger partial charge on any atom is 0.271 e. The van der Waals surface area contributed by atoms with Crippen molar-refractivity contribution in [2.75, 3.05) is 10.5 Å². The number of nitrogens with two attached hydrogens (primary N) is 1. The Morgan fingerprint density at radius 2 is 2.11 bits per heavy atom. The maximum atomic E-state index is 12.2. The predicted molar refractivity (Wildman–Crippen MR) is 83.4 cm³/mol. The summed E-state index contributed by atoms with van der Waals surface area (Å²) in [6, 6.07) is 6.47. The Bertz CT molecular complexity index is 709. The van der Waals surface area contributed by atoms with Crippen LogP contribution in [0.5, 0.6) is 0 Å². The first-order valence-corrected chi connectivity index (χ1v) is 8.61. The lowest BCUT2D eigenvalue weighted by molar-refractivity contribution is 0.603. The smallest absolute Gasteiger partial charge is 0.271 e. The van der Waals surface area contributed by atoms with Crippen LogP contribution in [0.2, 0.25) is 5.02 Å². The van der Waals surface area contributed by atoms with Gasteiger partial charge in [0.1, 0.15) is 4.21 Å². The number of nitrogens with one attached hydrogen (secondary N) is 1. The summed E-state index contributed by atoms with van der Waals surface area (Å²) in [6.07, 6.45) is 0. The molecule has 0 bridgehead atoms. The third-order valence-corrected chi connectivity index (χ3v) is 6.82. The molecule has 0 atom stereocenters. The van der Waals surface area contributed by atoms with Crippen molar-refractivity contribution in [3.05, 3.63) is 38.6 Å². The zero-order chi connectivity index (χ0) is 14.2. The first-order chi connectivity index (χ1) is 8.81. The topological polar surface area (TPSA) is 72.2 Å². The Kier molecular flexibility index (Phi) is 4.10. The van der Waals surface area contributed by atoms with E-state index >= 15 is 0 Å². The Morgan fingerprint density at radius 1 is 1.42 bits per heavy atom. The van der Waals surface area contributed by atoms with Gasteiger partial charge in [-0.05, 0) is 46.6 Å². The zero-order valence-corrected chi connectivity index (χ0v) is 13.8. The van der Waals surface area contributed by atoms with Crippen LogP contribution in [-0.4, -0.2) is 8.42 Å². The number of sulfonamides is 1. The number of anilines is 2. The standard InChI is InChI=1S/C11H10BrClN2O2S2/c1-6-8(14)3-2-4-9(6)15-19(16,17)10-5-7(13)11(12)18-10/h2-5,15H,14H2,1H3. The third kappa shape index (κ3) is 3.05. The first kappa shape index (κ1) is 14.6. The molecule has 1 aromatic carbocycles. The molecular weight excluding hydrogens is 372 g/mol. The Morgan fingerprint density at radius 3 is 2.68 bits per heavy atom. The molecule has 0 aliphatic heterocycles. The van der Waals surface area contributed by atoms with Gasteiger partial charge in [0.25, 0.3) is 10.0 Å². The normalized spacial score (nSPS) is 11.5. The van der Waals surface area contributed by atoms with Crippen molar-refractivity contribution >= 4 is 60.3 Å². The highest BCUT2D eigenvalue weighted by Gasteiger charge is 2.20. The molecule has 1 aromatic heterocycles. The average molecular weight is 382 g/mol. The highest BCUT2D eigenvalue weighted by atomic mass is 79.9. The molecule has 8 heteroatoms. The summed E-state index contributed by atoms with van der Waals surface area (Å²) in [5, 5.41) is 0.370. The van der Waals surface area contributed by atoms with Crippen LogP contribution in [0.1, 0.15) is 5.56 Å². The lowest BCUT2D eigenvalue weighted by atomic mass is 10.2. The van der Waals surface area contributed by atoms with E-state index in [1.54, 1.807) is 25.1 Å². The highest BCUT2D eigenvalue weighted by Crippen LogP contribution is 2.35. The molecule has 1 heterocycles. The summed E-state index contributed by atoms with van der Waals surface area (Å²) >= 11 is 10.1. The molecule has 0 amide bonds. The molecule has 0 saturated heterocycles. The summed E-state index contributed by atoms with van der Waals surface area (Å²) < 4.78 is 27.7. The summed E-state index contributed by atoms with van der Waals surface area (Å²) in [5.74, 6) is 0. The van der Waals surface area contributed by atoms with Crippen LogP contribution in [-0.2, 0) is 10.0 Å². The van der Waals surface area contributed by atoms with Gasteiger partial charge in [-0.2, -0.15) is 0 Å². The van der Waals surface area contributed by atoms with E-state index in [4.69, 9.17) is 17.3 Å². The van der Waals surface area contributed by atoms with E-state index in [0.717, 1.165) is 11.3 Å². The third-order valence-electron chi connectivity index (χ3n) is 2.51. The molecule has 0 fully saturated rings. The van der Waals surface area contributed by atoms with Gasteiger partial charge in [0.05, 0.1) is 14.5 Å². The fourth-order valence-corrected chi connectivity index (χ4v) is 4.94. The van der Waals surface area contributed by atoms with Gasteiger partial charge in [-0.15, -0.1) is 11.3 Å². The van der Waals surface area contributed by atoms with E-state index in [1.807, 2.05) is 0 Å². The quantitative estimate of drug-likeness (QED) is 0.793. The van der Waals surface area contributed by atoms with Crippen molar-refractivity contribution in [2.45, 2.75) is 11.1 Å². The van der Waals surface area contributed by atoms with Gasteiger partial charge in [0.2, 0.25) is 0 Å². The van der Waals surface area contributed by atoms with Gasteiger partial charge in [-0.25, -0.2) is 8.42 Å². The molecule has 0 saturated carbocycles. The fourth-order valence-electron chi connectivity index (χ4n) is 1.42. The van der Waals surface area contributed by atoms with Gasteiger partial charge < -0.3 is 5.73 Å². The minimum atomic E-state index is -3.66. The Hall–Kier alpha value is -0.760. The van der Waals surface area contributed by atoms with Crippen LogP contribution in [0.4, 0.5) is 11.4 Å². The van der Waals surface area contributed by atoms with Crippen molar-refractivity contribution in [3.8, 4) is 0 Å². The predicted octanol–water partition coefficient (Wildman–Crippen LogP) is 3.86. The minimum absolute atomic E-state index is 0.145. The number of thiophene rings is 1. The van der Waals surface area contributed by atoms with Gasteiger partial charge in [-0.3, -0.25) is 4.72 Å². The molecule has 0 radical (unpaired) electrons. The van der Waals surface area contributed by atoms with Gasteiger partial charge >= 0.3 is 0 Å². The molecule has 3 N–H and O–H groups in total. The molecular formula is C11H10BrClN2O2S2. The number of rotatable bonds is 3. The monoisotopic (exact) mass is 380 g/mol. The van der Waals surface area contributed by atoms with Crippen molar-refractivity contribution in [2.24, 2.45) is 0 Å². The van der Waals surface area contributed by atoms with Crippen LogP contribution in [0, 0.1) is 6.92 Å². The molecule has 4 nitrogen and oxygen atoms in total. The molecule has 0 spiro atoms. The lowest BCUT2D eigenvalue weighted by Crippen LogP contribution is -2.12. The summed E-state index contributed by atoms with van der Waals surface area (Å²) in [7, 11) is -3.66. The van der Waals surface area contributed by atoms with Crippen molar-refractivity contribution in [3.63, 3.8) is 0 Å². The number of hydrogen-bond donors (Lipinski definition) is 2. The molecule has 0 aliphatic rings. The number of hydrogen-bond acceptors (Lipinski definition) is 4.